The first-order valence-electron chi connectivity index (χ1n) is 21.0. The number of carboxylic acids is 1. The summed E-state index contributed by atoms with van der Waals surface area (Å²) in [4.78, 5) is 44.4. The minimum Gasteiger partial charge on any atom is -0.497 e. The summed E-state index contributed by atoms with van der Waals surface area (Å²) in [6.45, 7) is 3.76. The highest BCUT2D eigenvalue weighted by Crippen LogP contribution is 2.36. The van der Waals surface area contributed by atoms with E-state index in [1.807, 2.05) is 12.1 Å². The Hall–Kier alpha value is -8.70. The fraction of sp³-hybridized carbons (Fsp3) is 0.244. The predicted octanol–water partition coefficient (Wildman–Crippen LogP) is 4.37. The molecule has 10 aromatic rings. The number of hydrogen-bond acceptors (Lipinski definition) is 18. The molecule has 2 atom stereocenters. The summed E-state index contributed by atoms with van der Waals surface area (Å²) in [5.74, 6) is 1.76. The molecule has 2 aromatic carbocycles. The standard InChI is InChI=1S/C25H25N7O5.C20H17N7O4/c1-24(15-5-7-16(35-2)8-6-15,19(33)9-10-25(34)13-36-14-25)32-22-17(12-27-32)21-28-20(18-4-3-11-37-18)30-31(21)23(26)29-22;1-20(18(28)29,11-5-7-12(30-2)8-6-11)27-17-13(10-22-27)16-23-15(14-4-3-9-31-14)25-26(16)19(21)24-17/h3-8,11-12,34H,9-10,13-14H2,1-2H3,(H2,26,29);3-10H,1-2H3,(H2,21,24)(H,28,29). The molecule has 1 saturated heterocycles. The van der Waals surface area contributed by atoms with Crippen LogP contribution in [-0.4, -0.2) is 114 Å². The van der Waals surface area contributed by atoms with E-state index < -0.39 is 22.6 Å². The summed E-state index contributed by atoms with van der Waals surface area (Å²) in [7, 11) is 3.12. The van der Waals surface area contributed by atoms with Crippen molar-refractivity contribution >= 4 is 57.0 Å². The number of hydrogen-bond donors (Lipinski definition) is 4. The van der Waals surface area contributed by atoms with Gasteiger partial charge in [-0.1, -0.05) is 24.3 Å². The summed E-state index contributed by atoms with van der Waals surface area (Å²) in [5, 5.41) is 39.5. The van der Waals surface area contributed by atoms with Crippen molar-refractivity contribution in [2.75, 3.05) is 38.9 Å². The number of nitrogen functional groups attached to an aromatic ring is 2. The summed E-state index contributed by atoms with van der Waals surface area (Å²) in [6, 6.07) is 20.9. The molecule has 0 aliphatic carbocycles. The zero-order valence-corrected chi connectivity index (χ0v) is 36.8. The van der Waals surface area contributed by atoms with E-state index in [1.165, 1.54) is 32.4 Å². The minimum absolute atomic E-state index is 0.0389. The van der Waals surface area contributed by atoms with Gasteiger partial charge in [-0.2, -0.15) is 29.2 Å². The van der Waals surface area contributed by atoms with E-state index in [4.69, 9.17) is 34.5 Å². The van der Waals surface area contributed by atoms with Crippen LogP contribution in [-0.2, 0) is 25.4 Å². The zero-order valence-electron chi connectivity index (χ0n) is 36.8. The molecule has 11 rings (SSSR count). The van der Waals surface area contributed by atoms with Crippen molar-refractivity contribution in [1.29, 1.82) is 0 Å². The lowest BCUT2D eigenvalue weighted by atomic mass is 9.83. The van der Waals surface area contributed by atoms with E-state index in [0.29, 0.717) is 73.5 Å². The second-order valence-electron chi connectivity index (χ2n) is 16.4. The van der Waals surface area contributed by atoms with Gasteiger partial charge in [0.1, 0.15) is 22.6 Å². The van der Waals surface area contributed by atoms with Gasteiger partial charge in [-0.05, 0) is 79.9 Å². The van der Waals surface area contributed by atoms with Crippen molar-refractivity contribution in [3.8, 4) is 34.7 Å². The first-order chi connectivity index (χ1) is 32.7. The molecule has 68 heavy (non-hydrogen) atoms. The van der Waals surface area contributed by atoms with Gasteiger partial charge in [-0.25, -0.2) is 24.1 Å². The van der Waals surface area contributed by atoms with Crippen LogP contribution in [0.1, 0.15) is 37.8 Å². The number of ether oxygens (including phenoxy) is 3. The number of nitrogens with zero attached hydrogens (tertiary/aromatic N) is 12. The summed E-state index contributed by atoms with van der Waals surface area (Å²) < 4.78 is 32.1. The van der Waals surface area contributed by atoms with Crippen molar-refractivity contribution in [3.63, 3.8) is 0 Å². The fourth-order valence-electron chi connectivity index (χ4n) is 8.13. The highest BCUT2D eigenvalue weighted by molar-refractivity contribution is 5.95. The molecule has 23 nitrogen and oxygen atoms in total. The highest BCUT2D eigenvalue weighted by Gasteiger charge is 2.44. The summed E-state index contributed by atoms with van der Waals surface area (Å²) in [6.07, 6.45) is 6.53. The van der Waals surface area contributed by atoms with Gasteiger partial charge in [-0.3, -0.25) is 4.79 Å². The average molecular weight is 923 g/mol. The van der Waals surface area contributed by atoms with Crippen LogP contribution in [0.3, 0.4) is 0 Å². The molecular formula is C45H42N14O9. The lowest BCUT2D eigenvalue weighted by Crippen LogP contribution is -2.50. The molecule has 1 aliphatic rings. The molecule has 23 heteroatoms. The lowest BCUT2D eigenvalue weighted by molar-refractivity contribution is -0.182. The summed E-state index contributed by atoms with van der Waals surface area (Å²) in [5.41, 5.74) is 11.2. The van der Waals surface area contributed by atoms with E-state index >= 15 is 0 Å². The Labute approximate surface area is 383 Å². The number of benzene rings is 2. The first kappa shape index (κ1) is 43.2. The molecule has 1 aliphatic heterocycles. The Balaban J connectivity index is 0.000000161. The molecule has 0 bridgehead atoms. The number of rotatable bonds is 13. The van der Waals surface area contributed by atoms with Crippen LogP contribution in [0.5, 0.6) is 11.5 Å². The third-order valence-electron chi connectivity index (χ3n) is 12.2. The van der Waals surface area contributed by atoms with Crippen LogP contribution < -0.4 is 20.9 Å². The number of ketones is 1. The van der Waals surface area contributed by atoms with Crippen LogP contribution >= 0.6 is 0 Å². The molecular weight excluding hydrogens is 881 g/mol. The van der Waals surface area contributed by atoms with E-state index in [0.717, 1.165) is 0 Å². The number of aromatic nitrogens is 12. The number of carbonyl (C=O) groups excluding carboxylic acids is 1. The van der Waals surface area contributed by atoms with E-state index in [1.54, 1.807) is 99.6 Å². The quantitative estimate of drug-likeness (QED) is 0.125. The molecule has 9 heterocycles. The van der Waals surface area contributed by atoms with Crippen LogP contribution in [0.2, 0.25) is 0 Å². The second kappa shape index (κ2) is 16.3. The van der Waals surface area contributed by atoms with E-state index in [-0.39, 0.29) is 49.4 Å². The van der Waals surface area contributed by atoms with Gasteiger partial charge in [0.25, 0.3) is 0 Å². The van der Waals surface area contributed by atoms with Crippen LogP contribution in [0.4, 0.5) is 11.9 Å². The number of fused-ring (bicyclic) bond motifs is 6. The minimum atomic E-state index is -1.56. The van der Waals surface area contributed by atoms with Crippen molar-refractivity contribution < 1.29 is 42.8 Å². The Morgan fingerprint density at radius 2 is 1.15 bits per heavy atom. The van der Waals surface area contributed by atoms with Crippen molar-refractivity contribution in [2.24, 2.45) is 0 Å². The van der Waals surface area contributed by atoms with Crippen molar-refractivity contribution in [2.45, 2.75) is 43.4 Å². The number of methoxy groups -OCH3 is 2. The van der Waals surface area contributed by atoms with Gasteiger partial charge in [0, 0.05) is 6.42 Å². The van der Waals surface area contributed by atoms with Gasteiger partial charge in [0.15, 0.2) is 45.4 Å². The van der Waals surface area contributed by atoms with Crippen molar-refractivity contribution in [1.82, 2.24) is 58.7 Å². The maximum absolute atomic E-state index is 13.9. The average Bonchev–Trinajstić information content (AvgIpc) is 4.20. The molecule has 8 aromatic heterocycles. The topological polar surface area (TPSA) is 302 Å². The van der Waals surface area contributed by atoms with Crippen molar-refractivity contribution in [3.05, 3.63) is 109 Å². The summed E-state index contributed by atoms with van der Waals surface area (Å²) >= 11 is 0. The van der Waals surface area contributed by atoms with Gasteiger partial charge in [0.05, 0.1) is 63.1 Å². The van der Waals surface area contributed by atoms with Gasteiger partial charge in [0.2, 0.25) is 23.5 Å². The number of carboxylic acid groups (broad SMARTS) is 1. The molecule has 346 valence electrons. The number of aliphatic carboxylic acids is 1. The zero-order chi connectivity index (χ0) is 47.5. The number of carbonyl (C=O) groups is 2. The highest BCUT2D eigenvalue weighted by atomic mass is 16.5. The number of nitrogens with two attached hydrogens (primary N) is 2. The molecule has 0 spiro atoms. The Morgan fingerprint density at radius 1 is 0.691 bits per heavy atom. The maximum atomic E-state index is 13.9. The third kappa shape index (κ3) is 6.98. The number of aliphatic hydroxyl groups is 1. The monoisotopic (exact) mass is 922 g/mol. The smallest absolute Gasteiger partial charge is 0.336 e. The van der Waals surface area contributed by atoms with Gasteiger partial charge in [-0.15, -0.1) is 10.2 Å². The fourth-order valence-corrected chi connectivity index (χ4v) is 8.13. The van der Waals surface area contributed by atoms with Gasteiger partial charge < -0.3 is 44.7 Å². The van der Waals surface area contributed by atoms with E-state index in [2.05, 4.69) is 40.3 Å². The normalized spacial score (nSPS) is 15.1. The maximum Gasteiger partial charge on any atom is 0.336 e. The molecule has 2 unspecified atom stereocenters. The number of anilines is 2. The number of furan rings is 2. The largest absolute Gasteiger partial charge is 0.497 e. The van der Waals surface area contributed by atoms with Gasteiger partial charge >= 0.3 is 5.97 Å². The molecule has 0 amide bonds. The predicted molar refractivity (Wildman–Crippen MR) is 242 cm³/mol. The van der Waals surface area contributed by atoms with Crippen LogP contribution in [0, 0.1) is 0 Å². The second-order valence-corrected chi connectivity index (χ2v) is 16.4. The van der Waals surface area contributed by atoms with Crippen LogP contribution in [0.25, 0.3) is 56.5 Å². The third-order valence-corrected chi connectivity index (χ3v) is 12.2. The molecule has 6 N–H and O–H groups in total. The molecule has 0 saturated carbocycles. The van der Waals surface area contributed by atoms with E-state index in [9.17, 15) is 19.8 Å². The Morgan fingerprint density at radius 3 is 1.54 bits per heavy atom. The Bertz CT molecular complexity index is 3480. The first-order valence-corrected chi connectivity index (χ1v) is 21.0. The SMILES string of the molecule is COc1ccc(C(C)(C(=O)CCC2(O)COC2)n2ncc3c2nc(N)n2nc(-c4ccco4)nc32)cc1.COc1ccc(C(C)(C(=O)O)n2ncc3c2nc(N)n2nc(-c4ccco4)nc32)cc1. The van der Waals surface area contributed by atoms with Crippen LogP contribution in [0.15, 0.2) is 107 Å². The molecule has 1 fully saturated rings. The number of Topliss-reactive ketones (excluding diaryl/α,β-unsaturated/α-hetero) is 1. The lowest BCUT2D eigenvalue weighted by Gasteiger charge is -2.37. The molecule has 0 radical (unpaired) electrons. The Kier molecular flexibility index (Phi) is 10.4.